The summed E-state index contributed by atoms with van der Waals surface area (Å²) in [6.07, 6.45) is 3.67. The van der Waals surface area contributed by atoms with Gasteiger partial charge in [0.05, 0.1) is 6.54 Å². The van der Waals surface area contributed by atoms with Crippen molar-refractivity contribution in [1.29, 1.82) is 0 Å². The van der Waals surface area contributed by atoms with E-state index < -0.39 is 0 Å². The van der Waals surface area contributed by atoms with E-state index >= 15 is 0 Å². The van der Waals surface area contributed by atoms with Gasteiger partial charge in [-0.2, -0.15) is 0 Å². The number of aromatic nitrogens is 1. The fourth-order valence-corrected chi connectivity index (χ4v) is 2.03. The molecule has 0 bridgehead atoms. The van der Waals surface area contributed by atoms with Crippen LogP contribution >= 0.6 is 0 Å². The average Bonchev–Trinajstić information content (AvgIpc) is 2.40. The van der Waals surface area contributed by atoms with Crippen LogP contribution in [0.2, 0.25) is 0 Å². The molecule has 17 heavy (non-hydrogen) atoms. The first-order chi connectivity index (χ1) is 8.29. The minimum Gasteiger partial charge on any atom is -0.339 e. The number of hydrogen-bond acceptors (Lipinski definition) is 4. The van der Waals surface area contributed by atoms with Crippen LogP contribution in [-0.4, -0.2) is 53.4 Å². The number of pyridine rings is 1. The van der Waals surface area contributed by atoms with E-state index in [1.807, 2.05) is 17.2 Å². The van der Waals surface area contributed by atoms with Crippen LogP contribution in [-0.2, 0) is 11.3 Å². The van der Waals surface area contributed by atoms with Gasteiger partial charge >= 0.3 is 0 Å². The van der Waals surface area contributed by atoms with E-state index in [0.717, 1.165) is 32.7 Å². The first-order valence-electron chi connectivity index (χ1n) is 5.88. The van der Waals surface area contributed by atoms with Crippen LogP contribution in [0, 0.1) is 0 Å². The number of nitrogens with two attached hydrogens (primary N) is 1. The van der Waals surface area contributed by atoms with E-state index in [4.69, 9.17) is 5.73 Å². The average molecular weight is 234 g/mol. The third-order valence-corrected chi connectivity index (χ3v) is 3.03. The van der Waals surface area contributed by atoms with Crippen LogP contribution in [0.5, 0.6) is 0 Å². The highest BCUT2D eigenvalue weighted by atomic mass is 16.2. The van der Waals surface area contributed by atoms with Crippen molar-refractivity contribution < 1.29 is 4.79 Å². The zero-order valence-corrected chi connectivity index (χ0v) is 9.88. The van der Waals surface area contributed by atoms with E-state index in [1.165, 1.54) is 5.56 Å². The van der Waals surface area contributed by atoms with E-state index in [1.54, 1.807) is 6.20 Å². The molecule has 0 saturated carbocycles. The summed E-state index contributed by atoms with van der Waals surface area (Å²) < 4.78 is 0. The summed E-state index contributed by atoms with van der Waals surface area (Å²) in [5, 5.41) is 0. The molecule has 2 heterocycles. The van der Waals surface area contributed by atoms with Crippen molar-refractivity contribution in [3.05, 3.63) is 30.1 Å². The van der Waals surface area contributed by atoms with Gasteiger partial charge in [-0.15, -0.1) is 0 Å². The molecule has 1 aliphatic heterocycles. The summed E-state index contributed by atoms with van der Waals surface area (Å²) in [5.74, 6) is 0.0472. The lowest BCUT2D eigenvalue weighted by molar-refractivity contribution is -0.131. The number of piperazine rings is 1. The Morgan fingerprint density at radius 2 is 2.12 bits per heavy atom. The molecule has 1 saturated heterocycles. The normalized spacial score (nSPS) is 17.1. The summed E-state index contributed by atoms with van der Waals surface area (Å²) in [6, 6.07) is 4.02. The molecule has 0 radical (unpaired) electrons. The molecule has 0 spiro atoms. The number of hydrogen-bond donors (Lipinski definition) is 1. The molecule has 1 aromatic rings. The lowest BCUT2D eigenvalue weighted by Crippen LogP contribution is -2.49. The van der Waals surface area contributed by atoms with Crippen molar-refractivity contribution in [2.24, 2.45) is 5.73 Å². The van der Waals surface area contributed by atoms with Crippen molar-refractivity contribution in [1.82, 2.24) is 14.8 Å². The Balaban J connectivity index is 1.82. The van der Waals surface area contributed by atoms with Gasteiger partial charge in [0.1, 0.15) is 0 Å². The van der Waals surface area contributed by atoms with Crippen molar-refractivity contribution in [2.45, 2.75) is 6.54 Å². The molecule has 0 aromatic carbocycles. The highest BCUT2D eigenvalue weighted by Crippen LogP contribution is 2.07. The van der Waals surface area contributed by atoms with Crippen LogP contribution in [0.4, 0.5) is 0 Å². The predicted octanol–water partition coefficient (Wildman–Crippen LogP) is -0.315. The first-order valence-corrected chi connectivity index (χ1v) is 5.88. The number of rotatable bonds is 3. The Morgan fingerprint density at radius 3 is 2.71 bits per heavy atom. The second kappa shape index (κ2) is 5.75. The molecule has 0 unspecified atom stereocenters. The van der Waals surface area contributed by atoms with Gasteiger partial charge in [-0.25, -0.2) is 0 Å². The topological polar surface area (TPSA) is 62.5 Å². The Kier molecular flexibility index (Phi) is 4.06. The number of amides is 1. The summed E-state index contributed by atoms with van der Waals surface area (Å²) >= 11 is 0. The van der Waals surface area contributed by atoms with Crippen molar-refractivity contribution in [3.63, 3.8) is 0 Å². The lowest BCUT2D eigenvalue weighted by Gasteiger charge is -2.34. The zero-order chi connectivity index (χ0) is 12.1. The molecule has 0 aliphatic carbocycles. The fraction of sp³-hybridized carbons (Fsp3) is 0.500. The standard InChI is InChI=1S/C12H18N4O/c13-8-12(17)16-6-4-15(5-7-16)10-11-2-1-3-14-9-11/h1-3,9H,4-8,10,13H2. The summed E-state index contributed by atoms with van der Waals surface area (Å²) in [7, 11) is 0. The zero-order valence-electron chi connectivity index (χ0n) is 9.88. The minimum atomic E-state index is 0.0472. The highest BCUT2D eigenvalue weighted by molar-refractivity contribution is 5.78. The minimum absolute atomic E-state index is 0.0472. The Labute approximate surface area is 101 Å². The maximum Gasteiger partial charge on any atom is 0.236 e. The number of carbonyl (C=O) groups excluding carboxylic acids is 1. The number of nitrogens with zero attached hydrogens (tertiary/aromatic N) is 3. The van der Waals surface area contributed by atoms with Gasteiger partial charge in [0.25, 0.3) is 0 Å². The molecule has 2 rings (SSSR count). The van der Waals surface area contributed by atoms with Crippen LogP contribution in [0.1, 0.15) is 5.56 Å². The van der Waals surface area contributed by atoms with Gasteiger partial charge in [0.2, 0.25) is 5.91 Å². The molecule has 1 aliphatic rings. The SMILES string of the molecule is NCC(=O)N1CCN(Cc2cccnc2)CC1. The monoisotopic (exact) mass is 234 g/mol. The van der Waals surface area contributed by atoms with E-state index in [9.17, 15) is 4.79 Å². The molecule has 0 atom stereocenters. The van der Waals surface area contributed by atoms with Gasteiger partial charge in [-0.3, -0.25) is 14.7 Å². The van der Waals surface area contributed by atoms with Crippen LogP contribution < -0.4 is 5.73 Å². The van der Waals surface area contributed by atoms with Gasteiger partial charge < -0.3 is 10.6 Å². The summed E-state index contributed by atoms with van der Waals surface area (Å²) in [6.45, 7) is 4.37. The largest absolute Gasteiger partial charge is 0.339 e. The van der Waals surface area contributed by atoms with Gasteiger partial charge in [0.15, 0.2) is 0 Å². The summed E-state index contributed by atoms with van der Waals surface area (Å²) in [4.78, 5) is 19.7. The highest BCUT2D eigenvalue weighted by Gasteiger charge is 2.19. The molecule has 2 N–H and O–H groups in total. The fourth-order valence-electron chi connectivity index (χ4n) is 2.03. The second-order valence-corrected chi connectivity index (χ2v) is 4.22. The predicted molar refractivity (Wildman–Crippen MR) is 65.1 cm³/mol. The second-order valence-electron chi connectivity index (χ2n) is 4.22. The van der Waals surface area contributed by atoms with Crippen molar-refractivity contribution in [2.75, 3.05) is 32.7 Å². The molecule has 1 aromatic heterocycles. The van der Waals surface area contributed by atoms with E-state index in [-0.39, 0.29) is 12.5 Å². The molecule has 1 fully saturated rings. The quantitative estimate of drug-likeness (QED) is 0.779. The first kappa shape index (κ1) is 12.0. The molecule has 5 nitrogen and oxygen atoms in total. The van der Waals surface area contributed by atoms with E-state index in [0.29, 0.717) is 0 Å². The van der Waals surface area contributed by atoms with Gasteiger partial charge in [-0.1, -0.05) is 6.07 Å². The van der Waals surface area contributed by atoms with Crippen LogP contribution in [0.25, 0.3) is 0 Å². The molecule has 5 heteroatoms. The Morgan fingerprint density at radius 1 is 1.35 bits per heavy atom. The van der Waals surface area contributed by atoms with E-state index in [2.05, 4.69) is 16.0 Å². The van der Waals surface area contributed by atoms with Gasteiger partial charge in [0, 0.05) is 45.1 Å². The third-order valence-electron chi connectivity index (χ3n) is 3.03. The molecular formula is C12H18N4O. The van der Waals surface area contributed by atoms with Crippen molar-refractivity contribution >= 4 is 5.91 Å². The Bertz CT molecular complexity index is 360. The molecule has 1 amide bonds. The maximum atomic E-state index is 11.4. The number of carbonyl (C=O) groups is 1. The molecule has 92 valence electrons. The molecular weight excluding hydrogens is 216 g/mol. The van der Waals surface area contributed by atoms with Crippen LogP contribution in [0.3, 0.4) is 0 Å². The lowest BCUT2D eigenvalue weighted by atomic mass is 10.2. The maximum absolute atomic E-state index is 11.4. The summed E-state index contributed by atoms with van der Waals surface area (Å²) in [5.41, 5.74) is 6.56. The van der Waals surface area contributed by atoms with Crippen molar-refractivity contribution in [3.8, 4) is 0 Å². The third kappa shape index (κ3) is 3.25. The smallest absolute Gasteiger partial charge is 0.236 e. The van der Waals surface area contributed by atoms with Gasteiger partial charge in [-0.05, 0) is 11.6 Å². The van der Waals surface area contributed by atoms with Crippen LogP contribution in [0.15, 0.2) is 24.5 Å². The Hall–Kier alpha value is -1.46.